The number of aromatic nitrogens is 1. The SMILES string of the molecule is CC1(C)Cc2cccc(OCC(=O)OCc3cc(-c4ccco4)on3)c2O1. The number of furan rings is 1. The Balaban J connectivity index is 1.31. The Morgan fingerprint density at radius 1 is 1.22 bits per heavy atom. The fraction of sp³-hybridized carbons (Fsp3) is 0.300. The molecule has 4 rings (SSSR count). The lowest BCUT2D eigenvalue weighted by molar-refractivity contribution is -0.147. The summed E-state index contributed by atoms with van der Waals surface area (Å²) in [5, 5.41) is 3.85. The molecule has 7 nitrogen and oxygen atoms in total. The van der Waals surface area contributed by atoms with Gasteiger partial charge in [0.1, 0.15) is 17.9 Å². The maximum atomic E-state index is 12.0. The standard InChI is InChI=1S/C20H19NO6/c1-20(2)10-13-5-3-6-16(19(13)26-20)24-12-18(22)25-11-14-9-17(27-21-14)15-7-4-8-23-15/h3-9H,10-12H2,1-2H3. The number of fused-ring (bicyclic) bond motifs is 1. The van der Waals surface area contributed by atoms with Crippen LogP contribution in [0.15, 0.2) is 51.6 Å². The normalized spacial score (nSPS) is 14.4. The van der Waals surface area contributed by atoms with Gasteiger partial charge in [-0.1, -0.05) is 17.3 Å². The number of para-hydroxylation sites is 1. The quantitative estimate of drug-likeness (QED) is 0.612. The highest BCUT2D eigenvalue weighted by molar-refractivity contribution is 5.71. The van der Waals surface area contributed by atoms with Crippen LogP contribution in [-0.2, 0) is 22.6 Å². The number of esters is 1. The first-order chi connectivity index (χ1) is 13.0. The molecule has 0 atom stereocenters. The molecule has 2 aromatic heterocycles. The molecule has 3 aromatic rings. The van der Waals surface area contributed by atoms with Crippen LogP contribution in [0.25, 0.3) is 11.5 Å². The second kappa shape index (κ2) is 6.83. The summed E-state index contributed by atoms with van der Waals surface area (Å²) >= 11 is 0. The minimum absolute atomic E-state index is 0.0111. The van der Waals surface area contributed by atoms with E-state index in [4.69, 9.17) is 23.2 Å². The fourth-order valence-corrected chi connectivity index (χ4v) is 2.95. The lowest BCUT2D eigenvalue weighted by atomic mass is 10.0. The second-order valence-corrected chi connectivity index (χ2v) is 6.89. The average Bonchev–Trinajstić information content (AvgIpc) is 3.35. The van der Waals surface area contributed by atoms with E-state index in [2.05, 4.69) is 5.16 Å². The Hall–Kier alpha value is -3.22. The molecule has 0 fully saturated rings. The highest BCUT2D eigenvalue weighted by Gasteiger charge is 2.32. The highest BCUT2D eigenvalue weighted by Crippen LogP contribution is 2.41. The third-order valence-electron chi connectivity index (χ3n) is 4.10. The monoisotopic (exact) mass is 369 g/mol. The maximum absolute atomic E-state index is 12.0. The Morgan fingerprint density at radius 3 is 2.93 bits per heavy atom. The summed E-state index contributed by atoms with van der Waals surface area (Å²) in [7, 11) is 0. The van der Waals surface area contributed by atoms with E-state index in [1.165, 1.54) is 0 Å². The largest absolute Gasteiger partial charge is 0.483 e. The van der Waals surface area contributed by atoms with E-state index in [-0.39, 0.29) is 18.8 Å². The van der Waals surface area contributed by atoms with Crippen molar-refractivity contribution in [2.75, 3.05) is 6.61 Å². The molecule has 0 bridgehead atoms. The number of rotatable bonds is 6. The van der Waals surface area contributed by atoms with Crippen molar-refractivity contribution in [3.05, 3.63) is 53.9 Å². The van der Waals surface area contributed by atoms with Crippen LogP contribution >= 0.6 is 0 Å². The Kier molecular flexibility index (Phi) is 4.35. The Labute approximate surface area is 155 Å². The molecule has 0 amide bonds. The number of ether oxygens (including phenoxy) is 3. The predicted octanol–water partition coefficient (Wildman–Crippen LogP) is 3.77. The number of hydrogen-bond donors (Lipinski definition) is 0. The summed E-state index contributed by atoms with van der Waals surface area (Å²) in [4.78, 5) is 12.0. The molecule has 0 aliphatic carbocycles. The van der Waals surface area contributed by atoms with Gasteiger partial charge >= 0.3 is 5.97 Å². The van der Waals surface area contributed by atoms with Crippen molar-refractivity contribution >= 4 is 5.97 Å². The minimum Gasteiger partial charge on any atom is -0.483 e. The summed E-state index contributed by atoms with van der Waals surface area (Å²) in [6.45, 7) is 3.80. The van der Waals surface area contributed by atoms with E-state index in [0.717, 1.165) is 12.0 Å². The summed E-state index contributed by atoms with van der Waals surface area (Å²) in [5.41, 5.74) is 1.28. The van der Waals surface area contributed by atoms with Gasteiger partial charge in [0.2, 0.25) is 5.76 Å². The smallest absolute Gasteiger partial charge is 0.344 e. The van der Waals surface area contributed by atoms with Crippen molar-refractivity contribution in [2.24, 2.45) is 0 Å². The van der Waals surface area contributed by atoms with E-state index in [1.54, 1.807) is 30.5 Å². The van der Waals surface area contributed by atoms with Gasteiger partial charge in [0, 0.05) is 18.1 Å². The summed E-state index contributed by atoms with van der Waals surface area (Å²) in [5.74, 6) is 1.75. The molecule has 27 heavy (non-hydrogen) atoms. The van der Waals surface area contributed by atoms with Gasteiger partial charge in [0.05, 0.1) is 6.26 Å². The van der Waals surface area contributed by atoms with Crippen molar-refractivity contribution in [2.45, 2.75) is 32.5 Å². The van der Waals surface area contributed by atoms with Crippen LogP contribution in [0.3, 0.4) is 0 Å². The third kappa shape index (κ3) is 3.81. The molecule has 0 unspecified atom stereocenters. The molecule has 1 aliphatic rings. The van der Waals surface area contributed by atoms with Gasteiger partial charge in [-0.2, -0.15) is 0 Å². The molecular weight excluding hydrogens is 350 g/mol. The zero-order chi connectivity index (χ0) is 18.9. The second-order valence-electron chi connectivity index (χ2n) is 6.89. The topological polar surface area (TPSA) is 83.9 Å². The van der Waals surface area contributed by atoms with Crippen molar-refractivity contribution in [3.8, 4) is 23.0 Å². The van der Waals surface area contributed by atoms with Crippen LogP contribution in [0.1, 0.15) is 25.1 Å². The van der Waals surface area contributed by atoms with Crippen LogP contribution in [0.4, 0.5) is 0 Å². The van der Waals surface area contributed by atoms with Crippen molar-refractivity contribution in [1.82, 2.24) is 5.16 Å². The fourth-order valence-electron chi connectivity index (χ4n) is 2.95. The van der Waals surface area contributed by atoms with Gasteiger partial charge in [-0.15, -0.1) is 0 Å². The highest BCUT2D eigenvalue weighted by atomic mass is 16.6. The lowest BCUT2D eigenvalue weighted by Crippen LogP contribution is -2.24. The predicted molar refractivity (Wildman–Crippen MR) is 94.3 cm³/mol. The van der Waals surface area contributed by atoms with Gasteiger partial charge in [-0.3, -0.25) is 0 Å². The summed E-state index contributed by atoms with van der Waals surface area (Å²) in [6.07, 6.45) is 2.34. The number of carbonyl (C=O) groups is 1. The zero-order valence-corrected chi connectivity index (χ0v) is 15.1. The molecule has 0 N–H and O–H groups in total. The molecular formula is C20H19NO6. The molecule has 3 heterocycles. The molecule has 7 heteroatoms. The minimum atomic E-state index is -0.507. The van der Waals surface area contributed by atoms with Crippen LogP contribution in [-0.4, -0.2) is 23.3 Å². The lowest BCUT2D eigenvalue weighted by Gasteiger charge is -2.18. The zero-order valence-electron chi connectivity index (χ0n) is 15.1. The van der Waals surface area contributed by atoms with Gasteiger partial charge in [0.25, 0.3) is 0 Å². The molecule has 0 saturated heterocycles. The van der Waals surface area contributed by atoms with Crippen molar-refractivity contribution < 1.29 is 27.9 Å². The van der Waals surface area contributed by atoms with E-state index in [9.17, 15) is 4.79 Å². The van der Waals surface area contributed by atoms with Crippen LogP contribution in [0.2, 0.25) is 0 Å². The van der Waals surface area contributed by atoms with E-state index < -0.39 is 5.97 Å². The Morgan fingerprint density at radius 2 is 2.11 bits per heavy atom. The van der Waals surface area contributed by atoms with Gasteiger partial charge in [-0.05, 0) is 32.0 Å². The number of nitrogens with zero attached hydrogens (tertiary/aromatic N) is 1. The molecule has 140 valence electrons. The molecule has 0 radical (unpaired) electrons. The van der Waals surface area contributed by atoms with Crippen molar-refractivity contribution in [1.29, 1.82) is 0 Å². The maximum Gasteiger partial charge on any atom is 0.344 e. The van der Waals surface area contributed by atoms with Gasteiger partial charge in [-0.25, -0.2) is 4.79 Å². The average molecular weight is 369 g/mol. The molecule has 0 spiro atoms. The van der Waals surface area contributed by atoms with E-state index in [1.807, 2.05) is 26.0 Å². The van der Waals surface area contributed by atoms with Gasteiger partial charge < -0.3 is 23.2 Å². The number of hydrogen-bond acceptors (Lipinski definition) is 7. The number of benzene rings is 1. The van der Waals surface area contributed by atoms with E-state index in [0.29, 0.717) is 28.7 Å². The summed E-state index contributed by atoms with van der Waals surface area (Å²) in [6, 6.07) is 10.8. The molecule has 1 aromatic carbocycles. The first-order valence-electron chi connectivity index (χ1n) is 8.59. The third-order valence-corrected chi connectivity index (χ3v) is 4.10. The van der Waals surface area contributed by atoms with Gasteiger partial charge in [0.15, 0.2) is 23.9 Å². The van der Waals surface area contributed by atoms with E-state index >= 15 is 0 Å². The van der Waals surface area contributed by atoms with Crippen LogP contribution < -0.4 is 9.47 Å². The van der Waals surface area contributed by atoms with Crippen LogP contribution in [0.5, 0.6) is 11.5 Å². The summed E-state index contributed by atoms with van der Waals surface area (Å²) < 4.78 is 27.1. The van der Waals surface area contributed by atoms with Crippen LogP contribution in [0, 0.1) is 0 Å². The first-order valence-corrected chi connectivity index (χ1v) is 8.59. The van der Waals surface area contributed by atoms with Crippen molar-refractivity contribution in [3.63, 3.8) is 0 Å². The first kappa shape index (κ1) is 17.2. The molecule has 0 saturated carbocycles. The molecule has 1 aliphatic heterocycles. The number of carbonyl (C=O) groups excluding carboxylic acids is 1. The Bertz CT molecular complexity index is 941.